The van der Waals surface area contributed by atoms with Crippen molar-refractivity contribution < 1.29 is 69.4 Å². The third kappa shape index (κ3) is 6.13. The Morgan fingerprint density at radius 1 is 0.750 bits per heavy atom. The Balaban J connectivity index is 1.10. The molecule has 0 aromatic heterocycles. The molecule has 7 aliphatic rings. The van der Waals surface area contributed by atoms with Gasteiger partial charge in [0.05, 0.1) is 24.7 Å². The molecule has 2 aliphatic heterocycles. The van der Waals surface area contributed by atoms with Gasteiger partial charge >= 0.3 is 5.97 Å². The number of carboxylic acid groups (broad SMARTS) is 1. The first-order valence-corrected chi connectivity index (χ1v) is 20.8. The summed E-state index contributed by atoms with van der Waals surface area (Å²) in [5.41, 5.74) is -1.19. The van der Waals surface area contributed by atoms with E-state index < -0.39 is 97.5 Å². The topological polar surface area (TPSA) is 233 Å². The first kappa shape index (κ1) is 42.6. The van der Waals surface area contributed by atoms with E-state index in [0.29, 0.717) is 25.7 Å². The van der Waals surface area contributed by atoms with Crippen LogP contribution in [0.2, 0.25) is 0 Å². The van der Waals surface area contributed by atoms with Crippen LogP contribution < -0.4 is 0 Å². The molecule has 0 amide bonds. The predicted molar refractivity (Wildman–Crippen MR) is 198 cm³/mol. The Kier molecular flexibility index (Phi) is 10.9. The Bertz CT molecular complexity index is 1560. The van der Waals surface area contributed by atoms with Crippen molar-refractivity contribution in [3.63, 3.8) is 0 Å². The molecule has 0 bridgehead atoms. The molecule has 318 valence electrons. The number of ether oxygens (including phenoxy) is 4. The molecule has 8 N–H and O–H groups in total. The van der Waals surface area contributed by atoms with Crippen molar-refractivity contribution in [1.82, 2.24) is 0 Å². The van der Waals surface area contributed by atoms with E-state index in [1.807, 2.05) is 13.0 Å². The zero-order valence-corrected chi connectivity index (χ0v) is 34.0. The number of carbonyl (C=O) groups excluding carboxylic acids is 1. The van der Waals surface area contributed by atoms with E-state index in [2.05, 4.69) is 41.5 Å². The van der Waals surface area contributed by atoms with E-state index in [1.165, 1.54) is 0 Å². The average molecular weight is 795 g/mol. The fraction of sp³-hybridized carbons (Fsp3) is 0.905. The van der Waals surface area contributed by atoms with Crippen LogP contribution in [0.5, 0.6) is 0 Å². The minimum absolute atomic E-state index is 0.0335. The maximum Gasteiger partial charge on any atom is 0.309 e. The molecule has 2 saturated heterocycles. The minimum atomic E-state index is -1.76. The predicted octanol–water partition coefficient (Wildman–Crippen LogP) is 2.06. The van der Waals surface area contributed by atoms with Gasteiger partial charge in [-0.2, -0.15) is 0 Å². The molecule has 5 aliphatic carbocycles. The number of aliphatic hydroxyl groups excluding tert-OH is 7. The van der Waals surface area contributed by atoms with Crippen LogP contribution in [0.1, 0.15) is 106 Å². The van der Waals surface area contributed by atoms with Crippen LogP contribution in [0.4, 0.5) is 0 Å². The first-order valence-electron chi connectivity index (χ1n) is 20.8. The van der Waals surface area contributed by atoms with E-state index in [-0.39, 0.29) is 45.2 Å². The summed E-state index contributed by atoms with van der Waals surface area (Å²) in [7, 11) is 0. The van der Waals surface area contributed by atoms with Gasteiger partial charge < -0.3 is 59.8 Å². The van der Waals surface area contributed by atoms with Crippen molar-refractivity contribution >= 4 is 11.8 Å². The molecule has 4 saturated carbocycles. The monoisotopic (exact) mass is 794 g/mol. The third-order valence-electron chi connectivity index (χ3n) is 17.3. The molecule has 7 rings (SSSR count). The van der Waals surface area contributed by atoms with E-state index in [9.17, 15) is 50.4 Å². The summed E-state index contributed by atoms with van der Waals surface area (Å²) in [5.74, 6) is -0.791. The van der Waals surface area contributed by atoms with Gasteiger partial charge in [0.1, 0.15) is 48.8 Å². The SMILES string of the molecule is CC1(C)[C@@H](O[C@@H]2O[C@H](CO)[C@@H](O[C@@H]3O[C@H](CO)[C@H](O)[C@H](O)[C@H]3O)[C@H](O)[C@H]2O)CC[C@]2(C)[C@H]3C(=O)C=C4[C@@H]5C[C@@](C)(C(=O)O)CC[C@]5(C)CC[C@@]4(C)[C@]3(C)CC[C@@H]12. The highest BCUT2D eigenvalue weighted by molar-refractivity contribution is 5.95. The van der Waals surface area contributed by atoms with Crippen molar-refractivity contribution in [3.8, 4) is 0 Å². The smallest absolute Gasteiger partial charge is 0.309 e. The number of fused-ring (bicyclic) bond motifs is 7. The lowest BCUT2D eigenvalue weighted by atomic mass is 9.33. The molecule has 14 nitrogen and oxygen atoms in total. The van der Waals surface area contributed by atoms with Crippen molar-refractivity contribution in [2.24, 2.45) is 50.2 Å². The summed E-state index contributed by atoms with van der Waals surface area (Å²) in [6, 6.07) is 0. The van der Waals surface area contributed by atoms with Gasteiger partial charge in [-0.15, -0.1) is 0 Å². The van der Waals surface area contributed by atoms with E-state index in [1.54, 1.807) is 0 Å². The molecule has 56 heavy (non-hydrogen) atoms. The number of rotatable bonds is 7. The second kappa shape index (κ2) is 14.3. The number of aliphatic carboxylic acids is 1. The van der Waals surface area contributed by atoms with Crippen LogP contribution in [0.3, 0.4) is 0 Å². The molecule has 0 unspecified atom stereocenters. The van der Waals surface area contributed by atoms with Crippen LogP contribution in [0, 0.1) is 50.2 Å². The molecule has 2 heterocycles. The summed E-state index contributed by atoms with van der Waals surface area (Å²) in [4.78, 5) is 27.3. The normalized spacial score (nSPS) is 54.2. The highest BCUT2D eigenvalue weighted by Gasteiger charge is 2.70. The number of carbonyl (C=O) groups is 2. The van der Waals surface area contributed by atoms with Crippen LogP contribution >= 0.6 is 0 Å². The van der Waals surface area contributed by atoms with Crippen LogP contribution in [-0.4, -0.2) is 133 Å². The van der Waals surface area contributed by atoms with E-state index >= 15 is 0 Å². The molecule has 19 atom stereocenters. The van der Waals surface area contributed by atoms with Gasteiger partial charge in [-0.1, -0.05) is 47.1 Å². The standard InChI is InChI=1S/C42H66O14/c1-37(2)25-8-11-42(7)33(22(45)16-20-21-17-39(4,36(51)52)13-12-38(21,3)14-15-41(20,42)6)40(25,5)10-9-26(37)55-34-31(50)29(48)32(24(19-44)54-34)56-35-30(49)28(47)27(46)23(18-43)53-35/h16,21,23-35,43-44,46-50H,8-15,17-19H2,1-7H3,(H,51,52)/t21-,23+,24+,25-,26-,27-,28-,29+,30+,31+,32+,33+,34-,35-,38+,39-,40-,41+,42+/m0/s1. The summed E-state index contributed by atoms with van der Waals surface area (Å²) >= 11 is 0. The third-order valence-corrected chi connectivity index (χ3v) is 17.3. The molecule has 6 fully saturated rings. The minimum Gasteiger partial charge on any atom is -0.481 e. The molecular weight excluding hydrogens is 728 g/mol. The number of ketones is 1. The zero-order valence-electron chi connectivity index (χ0n) is 34.0. The van der Waals surface area contributed by atoms with Gasteiger partial charge in [0.25, 0.3) is 0 Å². The molecular formula is C42H66O14. The molecule has 0 aromatic carbocycles. The van der Waals surface area contributed by atoms with Crippen LogP contribution in [0.25, 0.3) is 0 Å². The van der Waals surface area contributed by atoms with Crippen molar-refractivity contribution in [3.05, 3.63) is 11.6 Å². The van der Waals surface area contributed by atoms with Gasteiger partial charge in [-0.05, 0) is 110 Å². The van der Waals surface area contributed by atoms with Crippen molar-refractivity contribution in [2.75, 3.05) is 13.2 Å². The second-order valence-corrected chi connectivity index (χ2v) is 20.5. The first-order chi connectivity index (χ1) is 26.0. The van der Waals surface area contributed by atoms with Gasteiger partial charge in [-0.25, -0.2) is 0 Å². The molecule has 0 aromatic rings. The molecule has 0 spiro atoms. The van der Waals surface area contributed by atoms with Gasteiger partial charge in [0.15, 0.2) is 18.4 Å². The van der Waals surface area contributed by atoms with E-state index in [0.717, 1.165) is 37.7 Å². The summed E-state index contributed by atoms with van der Waals surface area (Å²) in [6.45, 7) is 14.0. The van der Waals surface area contributed by atoms with Gasteiger partial charge in [0.2, 0.25) is 0 Å². The maximum absolute atomic E-state index is 14.8. The number of carboxylic acids is 1. The lowest BCUT2D eigenvalue weighted by Crippen LogP contribution is -2.67. The maximum atomic E-state index is 14.8. The Morgan fingerprint density at radius 2 is 1.36 bits per heavy atom. The average Bonchev–Trinajstić information content (AvgIpc) is 3.13. The van der Waals surface area contributed by atoms with Crippen molar-refractivity contribution in [1.29, 1.82) is 0 Å². The largest absolute Gasteiger partial charge is 0.481 e. The number of hydrogen-bond acceptors (Lipinski definition) is 13. The van der Waals surface area contributed by atoms with Gasteiger partial charge in [-0.3, -0.25) is 9.59 Å². The number of aliphatic hydroxyl groups is 7. The Hall–Kier alpha value is -1.56. The lowest BCUT2D eigenvalue weighted by molar-refractivity contribution is -0.368. The highest BCUT2D eigenvalue weighted by atomic mass is 16.7. The second-order valence-electron chi connectivity index (χ2n) is 20.5. The fourth-order valence-electron chi connectivity index (χ4n) is 13.4. The summed E-state index contributed by atoms with van der Waals surface area (Å²) < 4.78 is 23.8. The fourth-order valence-corrected chi connectivity index (χ4v) is 13.4. The Labute approximate surface area is 329 Å². The zero-order chi connectivity index (χ0) is 41.1. The summed E-state index contributed by atoms with van der Waals surface area (Å²) in [6.07, 6.45) is -7.02. The van der Waals surface area contributed by atoms with E-state index in [4.69, 9.17) is 18.9 Å². The van der Waals surface area contributed by atoms with Crippen LogP contribution in [-0.2, 0) is 28.5 Å². The quantitative estimate of drug-likeness (QED) is 0.173. The van der Waals surface area contributed by atoms with Gasteiger partial charge in [0, 0.05) is 5.92 Å². The highest BCUT2D eigenvalue weighted by Crippen LogP contribution is 2.75. The molecule has 0 radical (unpaired) electrons. The number of allylic oxidation sites excluding steroid dienone is 2. The van der Waals surface area contributed by atoms with Crippen LogP contribution in [0.15, 0.2) is 11.6 Å². The number of hydrogen-bond donors (Lipinski definition) is 8. The summed E-state index contributed by atoms with van der Waals surface area (Å²) in [5, 5.41) is 83.7. The lowest BCUT2D eigenvalue weighted by Gasteiger charge is -2.70. The van der Waals surface area contributed by atoms with Crippen molar-refractivity contribution in [2.45, 2.75) is 174 Å². The Morgan fingerprint density at radius 3 is 2.00 bits per heavy atom. The molecule has 14 heteroatoms.